The highest BCUT2D eigenvalue weighted by Crippen LogP contribution is 2.28. The van der Waals surface area contributed by atoms with Crippen molar-refractivity contribution in [3.63, 3.8) is 0 Å². The molecule has 0 radical (unpaired) electrons. The van der Waals surface area contributed by atoms with Gasteiger partial charge in [0.1, 0.15) is 11.6 Å². The molecule has 0 spiro atoms. The Morgan fingerprint density at radius 2 is 1.89 bits per heavy atom. The van der Waals surface area contributed by atoms with E-state index in [0.29, 0.717) is 36.2 Å². The van der Waals surface area contributed by atoms with Crippen molar-refractivity contribution >= 4 is 24.0 Å². The van der Waals surface area contributed by atoms with Gasteiger partial charge in [0.15, 0.2) is 0 Å². The van der Waals surface area contributed by atoms with E-state index in [0.717, 1.165) is 5.56 Å². The molecule has 2 aromatic carbocycles. The molecule has 0 saturated carbocycles. The number of hydrogen-bond acceptors (Lipinski definition) is 3. The molecule has 2 N–H and O–H groups in total. The number of ether oxygens (including phenoxy) is 1. The zero-order valence-corrected chi connectivity index (χ0v) is 15.7. The number of anilines is 1. The molecule has 0 saturated heterocycles. The molecule has 1 aliphatic rings. The highest BCUT2D eigenvalue weighted by Gasteiger charge is 2.19. The van der Waals surface area contributed by atoms with E-state index >= 15 is 0 Å². The predicted octanol–water partition coefficient (Wildman–Crippen LogP) is 4.36. The van der Waals surface area contributed by atoms with E-state index in [1.54, 1.807) is 19.9 Å². The van der Waals surface area contributed by atoms with Crippen LogP contribution < -0.4 is 15.4 Å². The standard InChI is InChI=1S/C19H19F3N2O2.ClH/c1-10-7-13(8-11(2)17(10)26-19(21)22)18(25)24-15-4-3-12-9-23-6-5-14(12)16(15)20;/h3-4,7-8,19,23H,5-6,9H2,1-2H3,(H,24,25);1H. The third-order valence-electron chi connectivity index (χ3n) is 4.39. The number of amides is 1. The molecule has 2 aromatic rings. The Morgan fingerprint density at radius 3 is 2.52 bits per heavy atom. The molecule has 0 fully saturated rings. The number of rotatable bonds is 4. The Hall–Kier alpha value is -2.25. The molecule has 0 bridgehead atoms. The average molecular weight is 401 g/mol. The maximum Gasteiger partial charge on any atom is 0.387 e. The SMILES string of the molecule is Cc1cc(C(=O)Nc2ccc3c(c2F)CCNC3)cc(C)c1OC(F)F.Cl. The second-order valence-corrected chi connectivity index (χ2v) is 6.26. The van der Waals surface area contributed by atoms with Crippen molar-refractivity contribution < 1.29 is 22.7 Å². The molecular formula is C19H20ClF3N2O2. The summed E-state index contributed by atoms with van der Waals surface area (Å²) >= 11 is 0. The summed E-state index contributed by atoms with van der Waals surface area (Å²) in [5.41, 5.74) is 2.67. The van der Waals surface area contributed by atoms with Crippen LogP contribution in [0.5, 0.6) is 5.75 Å². The molecule has 8 heteroatoms. The summed E-state index contributed by atoms with van der Waals surface area (Å²) in [4.78, 5) is 12.5. The van der Waals surface area contributed by atoms with Gasteiger partial charge in [0.05, 0.1) is 5.69 Å². The minimum absolute atomic E-state index is 0. The predicted molar refractivity (Wildman–Crippen MR) is 99.6 cm³/mol. The van der Waals surface area contributed by atoms with Crippen LogP contribution in [0.3, 0.4) is 0 Å². The van der Waals surface area contributed by atoms with Crippen molar-refractivity contribution in [1.29, 1.82) is 0 Å². The van der Waals surface area contributed by atoms with Crippen molar-refractivity contribution in [2.75, 3.05) is 11.9 Å². The first-order chi connectivity index (χ1) is 12.4. The molecule has 3 rings (SSSR count). The maximum atomic E-state index is 14.7. The van der Waals surface area contributed by atoms with Gasteiger partial charge in [-0.05, 0) is 67.3 Å². The third-order valence-corrected chi connectivity index (χ3v) is 4.39. The zero-order chi connectivity index (χ0) is 18.8. The fourth-order valence-corrected chi connectivity index (χ4v) is 3.18. The summed E-state index contributed by atoms with van der Waals surface area (Å²) in [7, 11) is 0. The number of carbonyl (C=O) groups is 1. The minimum atomic E-state index is -2.94. The van der Waals surface area contributed by atoms with Crippen molar-refractivity contribution in [2.24, 2.45) is 0 Å². The van der Waals surface area contributed by atoms with E-state index in [4.69, 9.17) is 0 Å². The lowest BCUT2D eigenvalue weighted by atomic mass is 9.99. The van der Waals surface area contributed by atoms with Crippen LogP contribution in [0, 0.1) is 19.7 Å². The van der Waals surface area contributed by atoms with Gasteiger partial charge in [0.2, 0.25) is 0 Å². The van der Waals surface area contributed by atoms with Gasteiger partial charge in [-0.2, -0.15) is 8.78 Å². The normalized spacial score (nSPS) is 13.0. The van der Waals surface area contributed by atoms with Gasteiger partial charge in [-0.1, -0.05) is 6.07 Å². The Labute approximate surface area is 161 Å². The molecule has 1 heterocycles. The summed E-state index contributed by atoms with van der Waals surface area (Å²) in [6.07, 6.45) is 0.558. The molecular weight excluding hydrogens is 381 g/mol. The molecule has 0 atom stereocenters. The van der Waals surface area contributed by atoms with E-state index in [1.807, 2.05) is 0 Å². The first-order valence-electron chi connectivity index (χ1n) is 8.25. The van der Waals surface area contributed by atoms with Crippen molar-refractivity contribution in [3.05, 3.63) is 57.9 Å². The Kier molecular flexibility index (Phi) is 6.73. The van der Waals surface area contributed by atoms with Gasteiger partial charge < -0.3 is 15.4 Å². The monoisotopic (exact) mass is 400 g/mol. The summed E-state index contributed by atoms with van der Waals surface area (Å²) in [5, 5.41) is 5.73. The van der Waals surface area contributed by atoms with Gasteiger partial charge in [0, 0.05) is 12.1 Å². The summed E-state index contributed by atoms with van der Waals surface area (Å²) in [6, 6.07) is 6.21. The fourth-order valence-electron chi connectivity index (χ4n) is 3.18. The van der Waals surface area contributed by atoms with Crippen molar-refractivity contribution in [2.45, 2.75) is 33.4 Å². The van der Waals surface area contributed by atoms with Crippen molar-refractivity contribution in [1.82, 2.24) is 5.32 Å². The summed E-state index contributed by atoms with van der Waals surface area (Å²) < 4.78 is 44.1. The van der Waals surface area contributed by atoms with Crippen LogP contribution in [0.25, 0.3) is 0 Å². The topological polar surface area (TPSA) is 50.4 Å². The first-order valence-corrected chi connectivity index (χ1v) is 8.25. The number of nitrogens with one attached hydrogen (secondary N) is 2. The van der Waals surface area contributed by atoms with Crippen LogP contribution in [-0.4, -0.2) is 19.1 Å². The van der Waals surface area contributed by atoms with Gasteiger partial charge in [0.25, 0.3) is 5.91 Å². The molecule has 1 amide bonds. The number of hydrogen-bond donors (Lipinski definition) is 2. The van der Waals surface area contributed by atoms with Gasteiger partial charge >= 0.3 is 6.61 Å². The average Bonchev–Trinajstić information content (AvgIpc) is 2.60. The van der Waals surface area contributed by atoms with E-state index in [2.05, 4.69) is 15.4 Å². The number of carbonyl (C=O) groups excluding carboxylic acids is 1. The number of fused-ring (bicyclic) bond motifs is 1. The second-order valence-electron chi connectivity index (χ2n) is 6.26. The zero-order valence-electron chi connectivity index (χ0n) is 14.9. The number of aryl methyl sites for hydroxylation is 2. The molecule has 27 heavy (non-hydrogen) atoms. The number of benzene rings is 2. The van der Waals surface area contributed by atoms with E-state index in [-0.39, 0.29) is 29.4 Å². The van der Waals surface area contributed by atoms with Crippen LogP contribution in [0.1, 0.15) is 32.6 Å². The second kappa shape index (κ2) is 8.63. The van der Waals surface area contributed by atoms with E-state index in [1.165, 1.54) is 18.2 Å². The lowest BCUT2D eigenvalue weighted by Crippen LogP contribution is -2.25. The van der Waals surface area contributed by atoms with Crippen LogP contribution in [-0.2, 0) is 13.0 Å². The minimum Gasteiger partial charge on any atom is -0.434 e. The summed E-state index contributed by atoms with van der Waals surface area (Å²) in [5.74, 6) is -0.889. The fraction of sp³-hybridized carbons (Fsp3) is 0.316. The van der Waals surface area contributed by atoms with Crippen LogP contribution >= 0.6 is 12.4 Å². The first kappa shape index (κ1) is 21.1. The highest BCUT2D eigenvalue weighted by atomic mass is 35.5. The smallest absolute Gasteiger partial charge is 0.387 e. The quantitative estimate of drug-likeness (QED) is 0.801. The lowest BCUT2D eigenvalue weighted by molar-refractivity contribution is -0.0507. The lowest BCUT2D eigenvalue weighted by Gasteiger charge is -2.19. The van der Waals surface area contributed by atoms with E-state index in [9.17, 15) is 18.0 Å². The Bertz CT molecular complexity index is 836. The van der Waals surface area contributed by atoms with Crippen LogP contribution in [0.2, 0.25) is 0 Å². The van der Waals surface area contributed by atoms with Crippen LogP contribution in [0.15, 0.2) is 24.3 Å². The van der Waals surface area contributed by atoms with E-state index < -0.39 is 18.3 Å². The maximum absolute atomic E-state index is 14.7. The van der Waals surface area contributed by atoms with Gasteiger partial charge in [-0.3, -0.25) is 4.79 Å². The molecule has 0 aliphatic carbocycles. The molecule has 0 unspecified atom stereocenters. The number of alkyl halides is 2. The molecule has 1 aliphatic heterocycles. The number of halogens is 4. The molecule has 0 aromatic heterocycles. The Balaban J connectivity index is 0.00000261. The largest absolute Gasteiger partial charge is 0.434 e. The van der Waals surface area contributed by atoms with Gasteiger partial charge in [-0.25, -0.2) is 4.39 Å². The Morgan fingerprint density at radius 1 is 1.22 bits per heavy atom. The van der Waals surface area contributed by atoms with Gasteiger partial charge in [-0.15, -0.1) is 12.4 Å². The molecule has 146 valence electrons. The van der Waals surface area contributed by atoms with Crippen LogP contribution in [0.4, 0.5) is 18.9 Å². The molecule has 4 nitrogen and oxygen atoms in total. The van der Waals surface area contributed by atoms with Crippen molar-refractivity contribution in [3.8, 4) is 5.75 Å². The third kappa shape index (κ3) is 4.54. The summed E-state index contributed by atoms with van der Waals surface area (Å²) in [6.45, 7) is 1.50. The highest BCUT2D eigenvalue weighted by molar-refractivity contribution is 6.04.